The lowest BCUT2D eigenvalue weighted by Gasteiger charge is -2.29. The van der Waals surface area contributed by atoms with Crippen LogP contribution in [0.25, 0.3) is 5.78 Å². The molecule has 4 heterocycles. The fraction of sp³-hybridized carbons (Fsp3) is 0.389. The predicted molar refractivity (Wildman–Crippen MR) is 99.9 cm³/mol. The predicted octanol–water partition coefficient (Wildman–Crippen LogP) is 1.15. The number of carbonyl (C=O) groups excluding carboxylic acids is 1. The molecule has 1 amide bonds. The SMILES string of the molecule is Cc1cc(C)n2nc(CC(=O)Nc3cccnc3N3CCOCC3)nc2n1. The van der Waals surface area contributed by atoms with Crippen molar-refractivity contribution in [1.29, 1.82) is 0 Å². The van der Waals surface area contributed by atoms with Crippen molar-refractivity contribution in [2.45, 2.75) is 20.3 Å². The van der Waals surface area contributed by atoms with Crippen LogP contribution in [0.1, 0.15) is 17.2 Å². The molecule has 1 saturated heterocycles. The number of pyridine rings is 1. The number of carbonyl (C=O) groups is 1. The summed E-state index contributed by atoms with van der Waals surface area (Å²) in [5.41, 5.74) is 2.48. The molecule has 3 aromatic rings. The van der Waals surface area contributed by atoms with Crippen LogP contribution in [-0.4, -0.2) is 56.8 Å². The van der Waals surface area contributed by atoms with Crippen molar-refractivity contribution in [3.05, 3.63) is 41.6 Å². The minimum Gasteiger partial charge on any atom is -0.378 e. The average molecular weight is 367 g/mol. The molecule has 0 aromatic carbocycles. The van der Waals surface area contributed by atoms with E-state index in [2.05, 4.69) is 30.3 Å². The van der Waals surface area contributed by atoms with Crippen LogP contribution in [0.15, 0.2) is 24.4 Å². The molecule has 0 radical (unpaired) electrons. The van der Waals surface area contributed by atoms with Crippen LogP contribution >= 0.6 is 0 Å². The highest BCUT2D eigenvalue weighted by molar-refractivity contribution is 5.94. The van der Waals surface area contributed by atoms with Gasteiger partial charge >= 0.3 is 0 Å². The van der Waals surface area contributed by atoms with Gasteiger partial charge in [0.2, 0.25) is 5.91 Å². The Morgan fingerprint density at radius 2 is 2.07 bits per heavy atom. The van der Waals surface area contributed by atoms with Gasteiger partial charge in [-0.15, -0.1) is 5.10 Å². The molecule has 1 aliphatic rings. The number of aryl methyl sites for hydroxylation is 2. The van der Waals surface area contributed by atoms with Crippen LogP contribution in [0.5, 0.6) is 0 Å². The molecule has 3 aromatic heterocycles. The van der Waals surface area contributed by atoms with Crippen LogP contribution in [0.2, 0.25) is 0 Å². The minimum absolute atomic E-state index is 0.0687. The Balaban J connectivity index is 1.51. The van der Waals surface area contributed by atoms with E-state index in [0.717, 1.165) is 30.3 Å². The summed E-state index contributed by atoms with van der Waals surface area (Å²) in [5.74, 6) is 1.50. The summed E-state index contributed by atoms with van der Waals surface area (Å²) in [7, 11) is 0. The van der Waals surface area contributed by atoms with Crippen molar-refractivity contribution in [1.82, 2.24) is 24.6 Å². The zero-order chi connectivity index (χ0) is 18.8. The smallest absolute Gasteiger partial charge is 0.252 e. The van der Waals surface area contributed by atoms with E-state index in [1.54, 1.807) is 16.8 Å². The van der Waals surface area contributed by atoms with E-state index in [9.17, 15) is 4.79 Å². The van der Waals surface area contributed by atoms with Crippen molar-refractivity contribution in [3.8, 4) is 0 Å². The number of ether oxygens (including phenoxy) is 1. The second-order valence-corrected chi connectivity index (χ2v) is 6.48. The van der Waals surface area contributed by atoms with E-state index in [1.165, 1.54) is 0 Å². The lowest BCUT2D eigenvalue weighted by molar-refractivity contribution is -0.115. The molecule has 1 aliphatic heterocycles. The van der Waals surface area contributed by atoms with Crippen LogP contribution in [-0.2, 0) is 16.0 Å². The minimum atomic E-state index is -0.192. The molecule has 0 bridgehead atoms. The molecule has 0 aliphatic carbocycles. The van der Waals surface area contributed by atoms with Crippen molar-refractivity contribution >= 4 is 23.2 Å². The van der Waals surface area contributed by atoms with E-state index in [0.29, 0.717) is 30.5 Å². The van der Waals surface area contributed by atoms with Gasteiger partial charge < -0.3 is 15.0 Å². The van der Waals surface area contributed by atoms with E-state index >= 15 is 0 Å². The van der Waals surface area contributed by atoms with Gasteiger partial charge in [-0.2, -0.15) is 4.98 Å². The van der Waals surface area contributed by atoms with Gasteiger partial charge in [-0.25, -0.2) is 14.5 Å². The monoisotopic (exact) mass is 367 g/mol. The topological polar surface area (TPSA) is 97.5 Å². The van der Waals surface area contributed by atoms with Gasteiger partial charge in [0.05, 0.1) is 25.3 Å². The summed E-state index contributed by atoms with van der Waals surface area (Å²) in [4.78, 5) is 27.8. The van der Waals surface area contributed by atoms with E-state index in [-0.39, 0.29) is 12.3 Å². The Bertz CT molecular complexity index is 979. The maximum atomic E-state index is 12.6. The van der Waals surface area contributed by atoms with Crippen LogP contribution in [0.4, 0.5) is 11.5 Å². The molecule has 0 atom stereocenters. The van der Waals surface area contributed by atoms with Gasteiger partial charge in [0.1, 0.15) is 0 Å². The van der Waals surface area contributed by atoms with Gasteiger partial charge in [0.25, 0.3) is 5.78 Å². The summed E-state index contributed by atoms with van der Waals surface area (Å²) in [5, 5.41) is 7.32. The first-order chi connectivity index (χ1) is 13.1. The van der Waals surface area contributed by atoms with Gasteiger partial charge in [-0.1, -0.05) is 0 Å². The number of amides is 1. The normalized spacial score (nSPS) is 14.5. The van der Waals surface area contributed by atoms with Crippen LogP contribution in [0, 0.1) is 13.8 Å². The van der Waals surface area contributed by atoms with Crippen molar-refractivity contribution in [3.63, 3.8) is 0 Å². The summed E-state index contributed by atoms with van der Waals surface area (Å²) in [6, 6.07) is 5.58. The number of aromatic nitrogens is 5. The molecule has 4 rings (SSSR count). The quantitative estimate of drug-likeness (QED) is 0.739. The largest absolute Gasteiger partial charge is 0.378 e. The van der Waals surface area contributed by atoms with Crippen LogP contribution in [0.3, 0.4) is 0 Å². The summed E-state index contributed by atoms with van der Waals surface area (Å²) in [6.45, 7) is 6.65. The first kappa shape index (κ1) is 17.3. The number of fused-ring (bicyclic) bond motifs is 1. The third kappa shape index (κ3) is 3.72. The first-order valence-electron chi connectivity index (χ1n) is 8.87. The molecular weight excluding hydrogens is 346 g/mol. The van der Waals surface area contributed by atoms with E-state index in [4.69, 9.17) is 4.74 Å². The summed E-state index contributed by atoms with van der Waals surface area (Å²) < 4.78 is 7.04. The fourth-order valence-corrected chi connectivity index (χ4v) is 3.14. The highest BCUT2D eigenvalue weighted by atomic mass is 16.5. The van der Waals surface area contributed by atoms with Crippen LogP contribution < -0.4 is 10.2 Å². The Labute approximate surface area is 156 Å². The summed E-state index contributed by atoms with van der Waals surface area (Å²) >= 11 is 0. The average Bonchev–Trinajstić information content (AvgIpc) is 3.05. The zero-order valence-electron chi connectivity index (χ0n) is 15.3. The number of anilines is 2. The van der Waals surface area contributed by atoms with Gasteiger partial charge in [-0.3, -0.25) is 4.79 Å². The fourth-order valence-electron chi connectivity index (χ4n) is 3.14. The maximum absolute atomic E-state index is 12.6. The van der Waals surface area contributed by atoms with Crippen molar-refractivity contribution < 1.29 is 9.53 Å². The lowest BCUT2D eigenvalue weighted by atomic mass is 10.3. The molecule has 140 valence electrons. The second kappa shape index (κ2) is 7.28. The summed E-state index contributed by atoms with van der Waals surface area (Å²) in [6.07, 6.45) is 1.79. The standard InChI is InChI=1S/C18H21N7O2/c1-12-10-13(2)25-18(20-12)22-15(23-25)11-16(26)21-14-4-3-5-19-17(14)24-6-8-27-9-7-24/h3-5,10H,6-9,11H2,1-2H3,(H,21,26). The molecule has 0 unspecified atom stereocenters. The third-order valence-corrected chi connectivity index (χ3v) is 4.35. The van der Waals surface area contributed by atoms with Gasteiger partial charge in [0.15, 0.2) is 11.6 Å². The second-order valence-electron chi connectivity index (χ2n) is 6.48. The first-order valence-corrected chi connectivity index (χ1v) is 8.87. The number of nitrogens with zero attached hydrogens (tertiary/aromatic N) is 6. The number of hydrogen-bond acceptors (Lipinski definition) is 7. The zero-order valence-corrected chi connectivity index (χ0v) is 15.3. The molecule has 9 heteroatoms. The number of rotatable bonds is 4. The number of morpholine rings is 1. The van der Waals surface area contributed by atoms with E-state index in [1.807, 2.05) is 26.0 Å². The highest BCUT2D eigenvalue weighted by Crippen LogP contribution is 2.23. The molecule has 27 heavy (non-hydrogen) atoms. The number of hydrogen-bond donors (Lipinski definition) is 1. The maximum Gasteiger partial charge on any atom is 0.252 e. The van der Waals surface area contributed by atoms with Gasteiger partial charge in [-0.05, 0) is 32.0 Å². The molecule has 1 N–H and O–H groups in total. The highest BCUT2D eigenvalue weighted by Gasteiger charge is 2.18. The van der Waals surface area contributed by atoms with Crippen molar-refractivity contribution in [2.75, 3.05) is 36.5 Å². The van der Waals surface area contributed by atoms with Gasteiger partial charge in [0, 0.05) is 30.7 Å². The number of nitrogens with one attached hydrogen (secondary N) is 1. The third-order valence-electron chi connectivity index (χ3n) is 4.35. The molecule has 0 saturated carbocycles. The molecule has 9 nitrogen and oxygen atoms in total. The lowest BCUT2D eigenvalue weighted by Crippen LogP contribution is -2.37. The Morgan fingerprint density at radius 3 is 2.89 bits per heavy atom. The Kier molecular flexibility index (Phi) is 4.68. The van der Waals surface area contributed by atoms with E-state index < -0.39 is 0 Å². The van der Waals surface area contributed by atoms with Crippen molar-refractivity contribution in [2.24, 2.45) is 0 Å². The molecule has 1 fully saturated rings. The Morgan fingerprint density at radius 1 is 1.26 bits per heavy atom. The molecule has 0 spiro atoms. The molecular formula is C18H21N7O2. The Hall–Kier alpha value is -3.07.